The van der Waals surface area contributed by atoms with Crippen LogP contribution in [0.15, 0.2) is 18.3 Å². The van der Waals surface area contributed by atoms with E-state index in [1.54, 1.807) is 0 Å². The van der Waals surface area contributed by atoms with Crippen molar-refractivity contribution >= 4 is 17.7 Å². The first-order valence-corrected chi connectivity index (χ1v) is 5.20. The van der Waals surface area contributed by atoms with Crippen LogP contribution in [0, 0.1) is 0 Å². The quantitative estimate of drug-likeness (QED) is 0.725. The molecular formula is C11H14N2O4. The van der Waals surface area contributed by atoms with Gasteiger partial charge >= 0.3 is 5.97 Å². The molecule has 1 rings (SSSR count). The van der Waals surface area contributed by atoms with Gasteiger partial charge in [0.25, 0.3) is 0 Å². The van der Waals surface area contributed by atoms with E-state index in [0.29, 0.717) is 19.0 Å². The molecule has 0 aromatic carbocycles. The number of nitrogens with one attached hydrogen (secondary N) is 1. The van der Waals surface area contributed by atoms with Gasteiger partial charge in [0.2, 0.25) is 5.91 Å². The number of aromatic carboxylic acids is 1. The highest BCUT2D eigenvalue weighted by atomic mass is 16.5. The maximum atomic E-state index is 11.4. The number of carbonyl (C=O) groups is 2. The standard InChI is InChI=1S/C11H14N2O4/c1-2-17-6-5-10(14)13-9-4-3-8(7-12-9)11(15)16/h3-4,7H,2,5-6H2,1H3,(H,15,16)(H,12,13,14). The Morgan fingerprint density at radius 1 is 1.47 bits per heavy atom. The molecule has 1 aromatic heterocycles. The number of hydrogen-bond acceptors (Lipinski definition) is 4. The van der Waals surface area contributed by atoms with Crippen molar-refractivity contribution in [3.63, 3.8) is 0 Å². The predicted octanol–water partition coefficient (Wildman–Crippen LogP) is 1.14. The van der Waals surface area contributed by atoms with Crippen molar-refractivity contribution in [2.75, 3.05) is 18.5 Å². The zero-order chi connectivity index (χ0) is 12.7. The van der Waals surface area contributed by atoms with Gasteiger partial charge in [-0.3, -0.25) is 4.79 Å². The molecule has 0 unspecified atom stereocenters. The lowest BCUT2D eigenvalue weighted by Crippen LogP contribution is -2.15. The topological polar surface area (TPSA) is 88.5 Å². The second-order valence-corrected chi connectivity index (χ2v) is 3.23. The molecule has 0 atom stereocenters. The number of pyridine rings is 1. The largest absolute Gasteiger partial charge is 0.478 e. The number of carbonyl (C=O) groups excluding carboxylic acids is 1. The summed E-state index contributed by atoms with van der Waals surface area (Å²) in [6, 6.07) is 2.83. The Kier molecular flexibility index (Phi) is 5.09. The Labute approximate surface area is 98.6 Å². The molecule has 6 nitrogen and oxygen atoms in total. The molecule has 1 aromatic rings. The molecule has 0 aliphatic rings. The van der Waals surface area contributed by atoms with Gasteiger partial charge in [-0.2, -0.15) is 0 Å². The van der Waals surface area contributed by atoms with Gasteiger partial charge < -0.3 is 15.2 Å². The van der Waals surface area contributed by atoms with Gasteiger partial charge in [0.15, 0.2) is 0 Å². The number of nitrogens with zero attached hydrogens (tertiary/aromatic N) is 1. The molecule has 0 saturated carbocycles. The summed E-state index contributed by atoms with van der Waals surface area (Å²) >= 11 is 0. The Hall–Kier alpha value is -1.95. The zero-order valence-electron chi connectivity index (χ0n) is 9.47. The number of hydrogen-bond donors (Lipinski definition) is 2. The van der Waals surface area contributed by atoms with Crippen LogP contribution in [0.1, 0.15) is 23.7 Å². The van der Waals surface area contributed by atoms with E-state index in [-0.39, 0.29) is 17.9 Å². The minimum atomic E-state index is -1.05. The van der Waals surface area contributed by atoms with E-state index in [1.807, 2.05) is 6.92 Å². The first-order valence-electron chi connectivity index (χ1n) is 5.20. The number of amides is 1. The van der Waals surface area contributed by atoms with Crippen molar-refractivity contribution < 1.29 is 19.4 Å². The summed E-state index contributed by atoms with van der Waals surface area (Å²) in [6.07, 6.45) is 1.44. The van der Waals surface area contributed by atoms with Crippen LogP contribution in [-0.2, 0) is 9.53 Å². The summed E-state index contributed by atoms with van der Waals surface area (Å²) in [5.74, 6) is -0.933. The molecule has 0 bridgehead atoms. The highest BCUT2D eigenvalue weighted by Gasteiger charge is 2.05. The molecule has 0 aliphatic heterocycles. The number of carboxylic acid groups (broad SMARTS) is 1. The summed E-state index contributed by atoms with van der Waals surface area (Å²) < 4.78 is 5.03. The number of aromatic nitrogens is 1. The number of carboxylic acids is 1. The fraction of sp³-hybridized carbons (Fsp3) is 0.364. The van der Waals surface area contributed by atoms with E-state index in [4.69, 9.17) is 9.84 Å². The van der Waals surface area contributed by atoms with Crippen LogP contribution in [-0.4, -0.2) is 35.2 Å². The fourth-order valence-corrected chi connectivity index (χ4v) is 1.11. The number of anilines is 1. The zero-order valence-corrected chi connectivity index (χ0v) is 9.47. The van der Waals surface area contributed by atoms with Crippen LogP contribution in [0.5, 0.6) is 0 Å². The molecule has 6 heteroatoms. The summed E-state index contributed by atoms with van der Waals surface area (Å²) in [5.41, 5.74) is 0.0808. The van der Waals surface area contributed by atoms with Gasteiger partial charge in [-0.15, -0.1) is 0 Å². The van der Waals surface area contributed by atoms with Crippen molar-refractivity contribution in [1.29, 1.82) is 0 Å². The van der Waals surface area contributed by atoms with Crippen LogP contribution in [0.3, 0.4) is 0 Å². The molecule has 92 valence electrons. The van der Waals surface area contributed by atoms with E-state index in [9.17, 15) is 9.59 Å². The minimum absolute atomic E-state index is 0.0808. The first-order chi connectivity index (χ1) is 8.13. The summed E-state index contributed by atoms with van der Waals surface area (Å²) in [4.78, 5) is 25.7. The van der Waals surface area contributed by atoms with Crippen molar-refractivity contribution in [3.05, 3.63) is 23.9 Å². The molecule has 17 heavy (non-hydrogen) atoms. The Balaban J connectivity index is 2.46. The molecule has 0 spiro atoms. The maximum Gasteiger partial charge on any atom is 0.337 e. The smallest absolute Gasteiger partial charge is 0.337 e. The van der Waals surface area contributed by atoms with Crippen LogP contribution in [0.2, 0.25) is 0 Å². The van der Waals surface area contributed by atoms with Crippen molar-refractivity contribution in [1.82, 2.24) is 4.98 Å². The SMILES string of the molecule is CCOCCC(=O)Nc1ccc(C(=O)O)cn1. The molecule has 0 fully saturated rings. The average molecular weight is 238 g/mol. The third kappa shape index (κ3) is 4.60. The summed E-state index contributed by atoms with van der Waals surface area (Å²) in [7, 11) is 0. The lowest BCUT2D eigenvalue weighted by Gasteiger charge is -2.04. The van der Waals surface area contributed by atoms with Gasteiger partial charge in [0, 0.05) is 12.8 Å². The lowest BCUT2D eigenvalue weighted by atomic mass is 10.3. The third-order valence-electron chi connectivity index (χ3n) is 1.96. The first kappa shape index (κ1) is 13.1. The number of ether oxygens (including phenoxy) is 1. The van der Waals surface area contributed by atoms with Crippen LogP contribution < -0.4 is 5.32 Å². The maximum absolute atomic E-state index is 11.4. The monoisotopic (exact) mass is 238 g/mol. The van der Waals surface area contributed by atoms with Crippen LogP contribution in [0.25, 0.3) is 0 Å². The molecule has 0 aliphatic carbocycles. The molecule has 1 heterocycles. The normalized spacial score (nSPS) is 9.94. The van der Waals surface area contributed by atoms with E-state index < -0.39 is 5.97 Å². The Bertz CT molecular complexity index is 389. The van der Waals surface area contributed by atoms with E-state index in [1.165, 1.54) is 18.3 Å². The Morgan fingerprint density at radius 2 is 2.24 bits per heavy atom. The second-order valence-electron chi connectivity index (χ2n) is 3.23. The summed E-state index contributed by atoms with van der Waals surface area (Å²) in [6.45, 7) is 2.78. The van der Waals surface area contributed by atoms with E-state index in [0.717, 1.165) is 0 Å². The van der Waals surface area contributed by atoms with E-state index in [2.05, 4.69) is 10.3 Å². The van der Waals surface area contributed by atoms with Gasteiger partial charge in [-0.05, 0) is 19.1 Å². The Morgan fingerprint density at radius 3 is 2.76 bits per heavy atom. The summed E-state index contributed by atoms with van der Waals surface area (Å²) in [5, 5.41) is 11.2. The lowest BCUT2D eigenvalue weighted by molar-refractivity contribution is -0.117. The minimum Gasteiger partial charge on any atom is -0.478 e. The molecular weight excluding hydrogens is 224 g/mol. The molecule has 1 amide bonds. The highest BCUT2D eigenvalue weighted by Crippen LogP contribution is 2.05. The third-order valence-corrected chi connectivity index (χ3v) is 1.96. The van der Waals surface area contributed by atoms with Gasteiger partial charge in [0.05, 0.1) is 18.6 Å². The van der Waals surface area contributed by atoms with Gasteiger partial charge in [0.1, 0.15) is 5.82 Å². The van der Waals surface area contributed by atoms with Crippen LogP contribution >= 0.6 is 0 Å². The predicted molar refractivity (Wildman–Crippen MR) is 60.9 cm³/mol. The molecule has 0 radical (unpaired) electrons. The van der Waals surface area contributed by atoms with Crippen molar-refractivity contribution in [2.24, 2.45) is 0 Å². The van der Waals surface area contributed by atoms with Gasteiger partial charge in [-0.25, -0.2) is 9.78 Å². The van der Waals surface area contributed by atoms with Crippen molar-refractivity contribution in [3.8, 4) is 0 Å². The van der Waals surface area contributed by atoms with Crippen molar-refractivity contribution in [2.45, 2.75) is 13.3 Å². The van der Waals surface area contributed by atoms with E-state index >= 15 is 0 Å². The highest BCUT2D eigenvalue weighted by molar-refractivity contribution is 5.91. The second kappa shape index (κ2) is 6.59. The van der Waals surface area contributed by atoms with Gasteiger partial charge in [-0.1, -0.05) is 0 Å². The average Bonchev–Trinajstić information content (AvgIpc) is 2.30. The molecule has 0 saturated heterocycles. The number of rotatable bonds is 6. The molecule has 2 N–H and O–H groups in total. The van der Waals surface area contributed by atoms with Crippen LogP contribution in [0.4, 0.5) is 5.82 Å². The fourth-order valence-electron chi connectivity index (χ4n) is 1.11.